The Bertz CT molecular complexity index is 927. The molecule has 7 nitrogen and oxygen atoms in total. The van der Waals surface area contributed by atoms with Gasteiger partial charge in [0.2, 0.25) is 0 Å². The molecular formula is C21H30N4O3S. The zero-order valence-corrected chi connectivity index (χ0v) is 18.3. The molecule has 2 N–H and O–H groups in total. The molecule has 0 unspecified atom stereocenters. The number of nitrogens with one attached hydrogen (secondary N) is 2. The third kappa shape index (κ3) is 4.80. The summed E-state index contributed by atoms with van der Waals surface area (Å²) in [6.45, 7) is 9.10. The van der Waals surface area contributed by atoms with Gasteiger partial charge in [-0.15, -0.1) is 4.40 Å². The number of hydrogen-bond acceptors (Lipinski definition) is 4. The predicted octanol–water partition coefficient (Wildman–Crippen LogP) is 3.03. The molecule has 0 aromatic heterocycles. The number of carbonyl (C=O) groups is 1. The van der Waals surface area contributed by atoms with Gasteiger partial charge >= 0.3 is 6.03 Å². The standard InChI is InChI=1S/C21H30N4O3S/c1-5-15(3)22-21(26)23-18-10-12-25(13-11-18)20-16(4)19(29(27,28)24-20)17-8-6-14(2)7-9-17/h6-9,15,18H,5,10-13H2,1-4H3,(H2,22,23,26)/t15-/m0/s1. The molecule has 2 amide bonds. The van der Waals surface area contributed by atoms with Crippen LogP contribution in [-0.2, 0) is 10.0 Å². The normalized spacial score (nSPS) is 20.4. The molecule has 1 saturated heterocycles. The largest absolute Gasteiger partial charge is 0.356 e. The van der Waals surface area contributed by atoms with Crippen molar-refractivity contribution >= 4 is 26.8 Å². The number of likely N-dealkylation sites (tertiary alicyclic amines) is 1. The first kappa shape index (κ1) is 21.4. The average molecular weight is 419 g/mol. The summed E-state index contributed by atoms with van der Waals surface area (Å²) in [6.07, 6.45) is 2.38. The summed E-state index contributed by atoms with van der Waals surface area (Å²) in [5.41, 5.74) is 2.44. The summed E-state index contributed by atoms with van der Waals surface area (Å²) in [6, 6.07) is 7.55. The Morgan fingerprint density at radius 2 is 1.83 bits per heavy atom. The number of amides is 2. The predicted molar refractivity (Wildman–Crippen MR) is 116 cm³/mol. The summed E-state index contributed by atoms with van der Waals surface area (Å²) in [5.74, 6) is 0.531. The number of benzene rings is 1. The minimum atomic E-state index is -3.70. The van der Waals surface area contributed by atoms with E-state index in [1.54, 1.807) is 0 Å². The maximum atomic E-state index is 12.7. The Morgan fingerprint density at radius 3 is 2.41 bits per heavy atom. The van der Waals surface area contributed by atoms with Crippen LogP contribution in [0.3, 0.4) is 0 Å². The van der Waals surface area contributed by atoms with E-state index >= 15 is 0 Å². The molecule has 1 atom stereocenters. The lowest BCUT2D eigenvalue weighted by Crippen LogP contribution is -2.50. The van der Waals surface area contributed by atoms with Crippen molar-refractivity contribution in [2.45, 2.75) is 59.0 Å². The van der Waals surface area contributed by atoms with Crippen molar-refractivity contribution in [1.29, 1.82) is 0 Å². The van der Waals surface area contributed by atoms with Gasteiger partial charge in [0.05, 0.1) is 0 Å². The van der Waals surface area contributed by atoms with Gasteiger partial charge < -0.3 is 15.5 Å². The first-order chi connectivity index (χ1) is 13.7. The molecule has 1 fully saturated rings. The molecule has 1 aromatic carbocycles. The average Bonchev–Trinajstić information content (AvgIpc) is 2.92. The highest BCUT2D eigenvalue weighted by molar-refractivity contribution is 8.00. The Labute approximate surface area is 173 Å². The van der Waals surface area contributed by atoms with E-state index in [1.165, 1.54) is 0 Å². The van der Waals surface area contributed by atoms with Crippen molar-refractivity contribution in [3.63, 3.8) is 0 Å². The highest BCUT2D eigenvalue weighted by Crippen LogP contribution is 2.34. The van der Waals surface area contributed by atoms with Gasteiger partial charge in [-0.05, 0) is 45.6 Å². The fourth-order valence-electron chi connectivity index (χ4n) is 3.68. The number of sulfonamides is 1. The minimum absolute atomic E-state index is 0.0785. The molecule has 0 aliphatic carbocycles. The maximum Gasteiger partial charge on any atom is 0.315 e. The van der Waals surface area contributed by atoms with Crippen LogP contribution < -0.4 is 10.6 Å². The number of urea groups is 1. The van der Waals surface area contributed by atoms with Crippen LogP contribution in [0.15, 0.2) is 34.2 Å². The van der Waals surface area contributed by atoms with Crippen molar-refractivity contribution in [1.82, 2.24) is 15.5 Å². The van der Waals surface area contributed by atoms with E-state index in [0.717, 1.165) is 24.8 Å². The maximum absolute atomic E-state index is 12.7. The molecule has 8 heteroatoms. The SMILES string of the molecule is CC[C@H](C)NC(=O)NC1CCN(C2=NS(=O)(=O)C(c3ccc(C)cc3)=C2C)CC1. The number of amidine groups is 1. The fourth-order valence-corrected chi connectivity index (χ4v) is 5.16. The van der Waals surface area contributed by atoms with Crippen molar-refractivity contribution in [3.8, 4) is 0 Å². The van der Waals surface area contributed by atoms with Gasteiger partial charge in [0.15, 0.2) is 0 Å². The Balaban J connectivity index is 1.68. The van der Waals surface area contributed by atoms with E-state index in [2.05, 4.69) is 15.0 Å². The van der Waals surface area contributed by atoms with E-state index in [4.69, 9.17) is 0 Å². The third-order valence-corrected chi connectivity index (χ3v) is 7.05. The van der Waals surface area contributed by atoms with Crippen LogP contribution in [0.25, 0.3) is 4.91 Å². The second-order valence-corrected chi connectivity index (χ2v) is 9.44. The number of piperidine rings is 1. The zero-order valence-electron chi connectivity index (χ0n) is 17.5. The number of rotatable bonds is 4. The van der Waals surface area contributed by atoms with Crippen LogP contribution in [0.1, 0.15) is 51.2 Å². The van der Waals surface area contributed by atoms with Crippen LogP contribution in [0.5, 0.6) is 0 Å². The molecule has 0 bridgehead atoms. The van der Waals surface area contributed by atoms with Crippen LogP contribution in [0, 0.1) is 6.92 Å². The minimum Gasteiger partial charge on any atom is -0.356 e. The second kappa shape index (κ2) is 8.57. The Hall–Kier alpha value is -2.35. The molecule has 29 heavy (non-hydrogen) atoms. The highest BCUT2D eigenvalue weighted by atomic mass is 32.2. The van der Waals surface area contributed by atoms with Crippen LogP contribution >= 0.6 is 0 Å². The number of hydrogen-bond donors (Lipinski definition) is 2. The van der Waals surface area contributed by atoms with Crippen LogP contribution in [0.4, 0.5) is 4.79 Å². The van der Waals surface area contributed by atoms with Crippen molar-refractivity contribution in [3.05, 3.63) is 41.0 Å². The van der Waals surface area contributed by atoms with E-state index in [9.17, 15) is 13.2 Å². The summed E-state index contributed by atoms with van der Waals surface area (Å²) in [5, 5.41) is 5.93. The smallest absolute Gasteiger partial charge is 0.315 e. The van der Waals surface area contributed by atoms with Crippen LogP contribution in [0.2, 0.25) is 0 Å². The lowest BCUT2D eigenvalue weighted by Gasteiger charge is -2.34. The van der Waals surface area contributed by atoms with Gasteiger partial charge in [-0.1, -0.05) is 36.8 Å². The Kier molecular flexibility index (Phi) is 6.31. The summed E-state index contributed by atoms with van der Waals surface area (Å²) < 4.78 is 29.5. The summed E-state index contributed by atoms with van der Waals surface area (Å²) in [7, 11) is -3.70. The first-order valence-electron chi connectivity index (χ1n) is 10.2. The monoisotopic (exact) mass is 418 g/mol. The number of nitrogens with zero attached hydrogens (tertiary/aromatic N) is 2. The van der Waals surface area contributed by atoms with Gasteiger partial charge in [-0.2, -0.15) is 8.42 Å². The molecule has 0 saturated carbocycles. The molecule has 158 valence electrons. The van der Waals surface area contributed by atoms with Crippen molar-refractivity contribution < 1.29 is 13.2 Å². The van der Waals surface area contributed by atoms with E-state index < -0.39 is 10.0 Å². The molecule has 2 aliphatic heterocycles. The number of carbonyl (C=O) groups excluding carboxylic acids is 1. The summed E-state index contributed by atoms with van der Waals surface area (Å²) >= 11 is 0. The summed E-state index contributed by atoms with van der Waals surface area (Å²) in [4.78, 5) is 14.3. The number of aryl methyl sites for hydroxylation is 1. The fraction of sp³-hybridized carbons (Fsp3) is 0.524. The van der Waals surface area contributed by atoms with Gasteiger partial charge in [-0.3, -0.25) is 0 Å². The molecular weight excluding hydrogens is 388 g/mol. The molecule has 3 rings (SSSR count). The quantitative estimate of drug-likeness (QED) is 0.786. The molecule has 0 radical (unpaired) electrons. The molecule has 0 spiro atoms. The molecule has 2 aliphatic rings. The van der Waals surface area contributed by atoms with E-state index in [0.29, 0.717) is 35.0 Å². The van der Waals surface area contributed by atoms with Gasteiger partial charge in [0.1, 0.15) is 10.7 Å². The van der Waals surface area contributed by atoms with Gasteiger partial charge in [0, 0.05) is 30.7 Å². The van der Waals surface area contributed by atoms with E-state index in [1.807, 2.05) is 56.9 Å². The van der Waals surface area contributed by atoms with Gasteiger partial charge in [0.25, 0.3) is 10.0 Å². The third-order valence-electron chi connectivity index (χ3n) is 5.57. The zero-order chi connectivity index (χ0) is 21.2. The second-order valence-electron chi connectivity index (χ2n) is 7.90. The topological polar surface area (TPSA) is 90.9 Å². The highest BCUT2D eigenvalue weighted by Gasteiger charge is 2.35. The van der Waals surface area contributed by atoms with Crippen LogP contribution in [-0.4, -0.2) is 50.4 Å². The van der Waals surface area contributed by atoms with E-state index in [-0.39, 0.29) is 18.1 Å². The first-order valence-corrected chi connectivity index (χ1v) is 11.6. The lowest BCUT2D eigenvalue weighted by atomic mass is 10.0. The van der Waals surface area contributed by atoms with Crippen molar-refractivity contribution in [2.75, 3.05) is 13.1 Å². The Morgan fingerprint density at radius 1 is 1.21 bits per heavy atom. The lowest BCUT2D eigenvalue weighted by molar-refractivity contribution is 0.223. The molecule has 2 heterocycles. The van der Waals surface area contributed by atoms with Gasteiger partial charge in [-0.25, -0.2) is 4.79 Å². The van der Waals surface area contributed by atoms with Crippen molar-refractivity contribution in [2.24, 2.45) is 4.40 Å². The molecule has 1 aromatic rings.